The zero-order valence-corrected chi connectivity index (χ0v) is 56.0. The highest BCUT2D eigenvalue weighted by molar-refractivity contribution is 7.47. The number of esters is 2. The number of quaternary nitrogens is 1. The molecule has 0 amide bonds. The summed E-state index contributed by atoms with van der Waals surface area (Å²) in [7, 11) is 1.48. The van der Waals surface area contributed by atoms with E-state index in [1.165, 1.54) is 167 Å². The number of hydrogen-bond acceptors (Lipinski definition) is 7. The van der Waals surface area contributed by atoms with Gasteiger partial charge in [-0.2, -0.15) is 0 Å². The molecule has 2 unspecified atom stereocenters. The van der Waals surface area contributed by atoms with Gasteiger partial charge in [-0.1, -0.05) is 297 Å². The Morgan fingerprint density at radius 3 is 0.952 bits per heavy atom. The number of rotatable bonds is 63. The Bertz CT molecular complexity index is 1790. The van der Waals surface area contributed by atoms with Crippen LogP contribution in [0.2, 0.25) is 0 Å². The molecule has 484 valence electrons. The summed E-state index contributed by atoms with van der Waals surface area (Å²) in [5.41, 5.74) is 0. The van der Waals surface area contributed by atoms with E-state index in [0.29, 0.717) is 17.4 Å². The number of carbonyl (C=O) groups excluding carboxylic acids is 2. The minimum absolute atomic E-state index is 0.0290. The van der Waals surface area contributed by atoms with E-state index >= 15 is 0 Å². The Morgan fingerprint density at radius 1 is 0.369 bits per heavy atom. The van der Waals surface area contributed by atoms with Crippen LogP contribution in [0.15, 0.2) is 109 Å². The van der Waals surface area contributed by atoms with Crippen molar-refractivity contribution in [3.8, 4) is 0 Å². The molecule has 0 aromatic carbocycles. The van der Waals surface area contributed by atoms with Crippen LogP contribution in [-0.2, 0) is 32.7 Å². The first-order valence-electron chi connectivity index (χ1n) is 34.6. The van der Waals surface area contributed by atoms with E-state index in [0.717, 1.165) is 96.3 Å². The van der Waals surface area contributed by atoms with Gasteiger partial charge in [-0.25, -0.2) is 4.57 Å². The third-order valence-corrected chi connectivity index (χ3v) is 15.8. The van der Waals surface area contributed by atoms with E-state index in [2.05, 4.69) is 123 Å². The summed E-state index contributed by atoms with van der Waals surface area (Å²) in [5.74, 6) is -0.791. The number of phosphoric ester groups is 1. The molecule has 0 aliphatic heterocycles. The van der Waals surface area contributed by atoms with Crippen LogP contribution in [0.4, 0.5) is 0 Å². The summed E-state index contributed by atoms with van der Waals surface area (Å²) >= 11 is 0. The van der Waals surface area contributed by atoms with Gasteiger partial charge in [0.15, 0.2) is 6.10 Å². The zero-order chi connectivity index (χ0) is 61.2. The Hall–Kier alpha value is -3.33. The molecule has 2 atom stereocenters. The van der Waals surface area contributed by atoms with Gasteiger partial charge >= 0.3 is 19.8 Å². The van der Waals surface area contributed by atoms with Crippen LogP contribution in [0.3, 0.4) is 0 Å². The fraction of sp³-hybridized carbons (Fsp3) is 0.730. The van der Waals surface area contributed by atoms with Gasteiger partial charge in [-0.3, -0.25) is 18.6 Å². The van der Waals surface area contributed by atoms with Crippen LogP contribution < -0.4 is 0 Å². The zero-order valence-electron chi connectivity index (χ0n) is 55.1. The molecule has 9 nitrogen and oxygen atoms in total. The molecule has 0 radical (unpaired) electrons. The minimum Gasteiger partial charge on any atom is -0.462 e. The summed E-state index contributed by atoms with van der Waals surface area (Å²) < 4.78 is 34.7. The maximum absolute atomic E-state index is 12.9. The number of hydrogen-bond donors (Lipinski definition) is 1. The Labute approximate surface area is 518 Å². The van der Waals surface area contributed by atoms with Crippen molar-refractivity contribution in [2.75, 3.05) is 47.5 Å². The second-order valence-corrected chi connectivity index (χ2v) is 25.6. The van der Waals surface area contributed by atoms with Crippen molar-refractivity contribution >= 4 is 19.8 Å². The normalized spacial score (nSPS) is 13.8. The van der Waals surface area contributed by atoms with Gasteiger partial charge in [-0.15, -0.1) is 0 Å². The third kappa shape index (κ3) is 67.8. The minimum atomic E-state index is -4.40. The lowest BCUT2D eigenvalue weighted by Gasteiger charge is -2.24. The van der Waals surface area contributed by atoms with E-state index < -0.39 is 26.5 Å². The van der Waals surface area contributed by atoms with Crippen LogP contribution in [0.1, 0.15) is 296 Å². The van der Waals surface area contributed by atoms with Crippen molar-refractivity contribution in [3.63, 3.8) is 0 Å². The highest BCUT2D eigenvalue weighted by Gasteiger charge is 2.27. The van der Waals surface area contributed by atoms with Gasteiger partial charge < -0.3 is 18.9 Å². The fourth-order valence-corrected chi connectivity index (χ4v) is 10.3. The first-order chi connectivity index (χ1) is 41.0. The number of nitrogens with zero attached hydrogens (tertiary/aromatic N) is 1. The summed E-state index contributed by atoms with van der Waals surface area (Å²) in [5, 5.41) is 0. The molecule has 1 N–H and O–H groups in total. The maximum atomic E-state index is 12.9. The molecule has 0 bridgehead atoms. The number of likely N-dealkylation sites (N-methyl/N-ethyl adjacent to an activating group) is 1. The number of phosphoric acid groups is 1. The van der Waals surface area contributed by atoms with Gasteiger partial charge in [0, 0.05) is 12.8 Å². The van der Waals surface area contributed by atoms with Gasteiger partial charge in [0.25, 0.3) is 0 Å². The number of allylic oxidation sites excluding steroid dienone is 18. The third-order valence-electron chi connectivity index (χ3n) is 14.8. The highest BCUT2D eigenvalue weighted by Crippen LogP contribution is 2.43. The number of ether oxygens (including phenoxy) is 2. The molecule has 0 aromatic rings. The molecule has 0 saturated carbocycles. The van der Waals surface area contributed by atoms with Gasteiger partial charge in [0.05, 0.1) is 27.7 Å². The van der Waals surface area contributed by atoms with Crippen LogP contribution in [-0.4, -0.2) is 74.9 Å². The molecule has 0 rings (SSSR count). The average Bonchev–Trinajstić information content (AvgIpc) is 3.61. The largest absolute Gasteiger partial charge is 0.472 e. The maximum Gasteiger partial charge on any atom is 0.472 e. The predicted molar refractivity (Wildman–Crippen MR) is 362 cm³/mol. The van der Waals surface area contributed by atoms with E-state index in [4.69, 9.17) is 18.5 Å². The van der Waals surface area contributed by atoms with E-state index in [1.54, 1.807) is 0 Å². The molecular weight excluding hydrogens is 1060 g/mol. The van der Waals surface area contributed by atoms with Crippen molar-refractivity contribution in [1.82, 2.24) is 0 Å². The summed E-state index contributed by atoms with van der Waals surface area (Å²) in [6, 6.07) is 0. The number of unbranched alkanes of at least 4 members (excludes halogenated alkanes) is 31. The molecular formula is C74H131NO8P+. The van der Waals surface area contributed by atoms with E-state index in [-0.39, 0.29) is 32.0 Å². The molecule has 0 aliphatic carbocycles. The Kier molecular flexibility index (Phi) is 61.6. The van der Waals surface area contributed by atoms with Crippen LogP contribution in [0, 0.1) is 0 Å². The van der Waals surface area contributed by atoms with Crippen LogP contribution in [0.25, 0.3) is 0 Å². The highest BCUT2D eigenvalue weighted by atomic mass is 31.2. The van der Waals surface area contributed by atoms with Gasteiger partial charge in [-0.05, 0) is 96.3 Å². The lowest BCUT2D eigenvalue weighted by molar-refractivity contribution is -0.870. The van der Waals surface area contributed by atoms with Crippen LogP contribution >= 0.6 is 7.82 Å². The van der Waals surface area contributed by atoms with Crippen molar-refractivity contribution in [2.45, 2.75) is 302 Å². The van der Waals surface area contributed by atoms with Crippen molar-refractivity contribution in [2.24, 2.45) is 0 Å². The SMILES string of the molecule is CC/C=C\C/C=C\C/C=C\C/C=C\C/C=C\CCCCCCCCCCCCCCCCCC(=O)OC(COC(=O)CCCCCCCCCCCCCCCCCC/C=C\C/C=C\C/C=C\C/C=C\CC)COP(=O)(O)OCC[N+](C)(C)C. The van der Waals surface area contributed by atoms with Crippen molar-refractivity contribution < 1.29 is 42.1 Å². The number of carbonyl (C=O) groups is 2. The van der Waals surface area contributed by atoms with E-state index in [1.807, 2.05) is 21.1 Å². The first kappa shape index (κ1) is 80.7. The molecule has 0 aromatic heterocycles. The summed E-state index contributed by atoms with van der Waals surface area (Å²) in [4.78, 5) is 35.9. The van der Waals surface area contributed by atoms with Crippen LogP contribution in [0.5, 0.6) is 0 Å². The standard InChI is InChI=1S/C74H130NO8P/c1-6-8-10-12-14-16-18-20-22-24-26-28-30-32-34-36-37-39-41-43-45-47-49-51-53-55-57-59-61-63-65-67-74(77)83-72(71-82-84(78,79)81-69-68-75(3,4)5)70-80-73(76)66-64-62-60-58-56-54-52-50-48-46-44-42-40-38-35-33-31-29-27-25-23-21-19-17-15-13-11-9-7-2/h8-11,14-17,20-23,26-29,32,34,72H,6-7,12-13,18-19,24-25,30-31,33,35-71H2,1-5H3/p+1/b10-8-,11-9-,16-14-,17-15-,22-20-,23-21-,28-26-,29-27-,34-32-. The molecule has 0 saturated heterocycles. The molecule has 0 fully saturated rings. The summed E-state index contributed by atoms with van der Waals surface area (Å²) in [6.07, 6.45) is 90.4. The molecule has 10 heteroatoms. The fourth-order valence-electron chi connectivity index (χ4n) is 9.57. The quantitative estimate of drug-likeness (QED) is 0.0211. The predicted octanol–water partition coefficient (Wildman–Crippen LogP) is 22.5. The van der Waals surface area contributed by atoms with Gasteiger partial charge in [0.2, 0.25) is 0 Å². The Balaban J connectivity index is 4.05. The molecule has 0 spiro atoms. The summed E-state index contributed by atoms with van der Waals surface area (Å²) in [6.45, 7) is 4.24. The van der Waals surface area contributed by atoms with E-state index in [9.17, 15) is 19.0 Å². The lowest BCUT2D eigenvalue weighted by atomic mass is 10.0. The van der Waals surface area contributed by atoms with Crippen molar-refractivity contribution in [1.29, 1.82) is 0 Å². The molecule has 0 aliphatic rings. The Morgan fingerprint density at radius 2 is 0.643 bits per heavy atom. The topological polar surface area (TPSA) is 108 Å². The van der Waals surface area contributed by atoms with Gasteiger partial charge in [0.1, 0.15) is 19.8 Å². The monoisotopic (exact) mass is 1190 g/mol. The second-order valence-electron chi connectivity index (χ2n) is 24.2. The average molecular weight is 1190 g/mol. The smallest absolute Gasteiger partial charge is 0.462 e. The first-order valence-corrected chi connectivity index (χ1v) is 36.1. The molecule has 0 heterocycles. The molecule has 84 heavy (non-hydrogen) atoms. The second kappa shape index (κ2) is 64.2. The van der Waals surface area contributed by atoms with Crippen molar-refractivity contribution in [3.05, 3.63) is 109 Å². The lowest BCUT2D eigenvalue weighted by Crippen LogP contribution is -2.37.